The first-order valence-corrected chi connectivity index (χ1v) is 10.3. The fraction of sp³-hybridized carbons (Fsp3) is 0.500. The van der Waals surface area contributed by atoms with Gasteiger partial charge in [-0.25, -0.2) is 0 Å². The molecule has 1 aliphatic carbocycles. The number of nitriles is 1. The summed E-state index contributed by atoms with van der Waals surface area (Å²) in [5.41, 5.74) is -0.107. The van der Waals surface area contributed by atoms with Gasteiger partial charge in [-0.15, -0.1) is 10.2 Å². The first-order chi connectivity index (χ1) is 14.0. The molecule has 1 aliphatic rings. The Morgan fingerprint density at radius 1 is 1.21 bits per heavy atom. The second kappa shape index (κ2) is 9.18. The van der Waals surface area contributed by atoms with E-state index < -0.39 is 10.8 Å². The van der Waals surface area contributed by atoms with Crippen molar-refractivity contribution in [3.8, 4) is 29.0 Å². The predicted molar refractivity (Wildman–Crippen MR) is 108 cm³/mol. The van der Waals surface area contributed by atoms with Crippen LogP contribution in [0.2, 0.25) is 0 Å². The molecule has 0 aliphatic heterocycles. The van der Waals surface area contributed by atoms with Crippen molar-refractivity contribution in [1.82, 2.24) is 15.5 Å². The Morgan fingerprint density at radius 3 is 2.45 bits per heavy atom. The molecular weight excluding hydrogens is 392 g/mol. The molecule has 1 saturated carbocycles. The van der Waals surface area contributed by atoms with E-state index >= 15 is 0 Å². The van der Waals surface area contributed by atoms with E-state index in [1.807, 2.05) is 0 Å². The van der Waals surface area contributed by atoms with Gasteiger partial charge in [0.25, 0.3) is 5.22 Å². The number of hydrogen-bond donors (Lipinski definition) is 1. The van der Waals surface area contributed by atoms with Crippen molar-refractivity contribution >= 4 is 17.7 Å². The van der Waals surface area contributed by atoms with E-state index in [2.05, 4.69) is 21.6 Å². The third-order valence-corrected chi connectivity index (χ3v) is 5.87. The van der Waals surface area contributed by atoms with Crippen LogP contribution in [0.4, 0.5) is 0 Å². The molecule has 1 heterocycles. The van der Waals surface area contributed by atoms with Gasteiger partial charge in [0, 0.05) is 11.6 Å². The van der Waals surface area contributed by atoms with Gasteiger partial charge >= 0.3 is 0 Å². The number of nitrogens with zero attached hydrogens (tertiary/aromatic N) is 3. The Labute approximate surface area is 174 Å². The maximum absolute atomic E-state index is 12.6. The van der Waals surface area contributed by atoms with Crippen LogP contribution in [0.5, 0.6) is 11.5 Å². The minimum atomic E-state index is -0.763. The zero-order chi connectivity index (χ0) is 20.9. The van der Waals surface area contributed by atoms with Crippen molar-refractivity contribution in [3.63, 3.8) is 0 Å². The number of aromatic nitrogens is 2. The summed E-state index contributed by atoms with van der Waals surface area (Å²) in [7, 11) is 3.13. The molecule has 0 bridgehead atoms. The van der Waals surface area contributed by atoms with Crippen LogP contribution in [0, 0.1) is 11.3 Å². The summed E-state index contributed by atoms with van der Waals surface area (Å²) in [5, 5.41) is 20.4. The Bertz CT molecular complexity index is 880. The molecule has 2 aromatic rings. The Morgan fingerprint density at radius 2 is 1.86 bits per heavy atom. The van der Waals surface area contributed by atoms with Crippen molar-refractivity contribution < 1.29 is 18.7 Å². The highest BCUT2D eigenvalue weighted by molar-refractivity contribution is 8.00. The second-order valence-corrected chi connectivity index (χ2v) is 8.27. The molecule has 8 nitrogen and oxygen atoms in total. The Hall–Kier alpha value is -2.73. The molecule has 1 amide bonds. The van der Waals surface area contributed by atoms with Crippen molar-refractivity contribution in [2.45, 2.75) is 55.0 Å². The molecule has 1 aromatic heterocycles. The number of nitrogens with one attached hydrogen (secondary N) is 1. The number of amides is 1. The number of rotatable bonds is 7. The topological polar surface area (TPSA) is 110 Å². The van der Waals surface area contributed by atoms with Crippen molar-refractivity contribution in [1.29, 1.82) is 5.26 Å². The van der Waals surface area contributed by atoms with Crippen LogP contribution < -0.4 is 14.8 Å². The SMILES string of the molecule is COc1cc(OC)cc(-c2nnc(S[C@H](C)C(=O)NC3(C#N)CCCCC3)o2)c1. The molecule has 1 N–H and O–H groups in total. The van der Waals surface area contributed by atoms with Gasteiger partial charge in [0.05, 0.1) is 25.5 Å². The first kappa shape index (κ1) is 21.0. The molecule has 0 saturated heterocycles. The minimum absolute atomic E-state index is 0.207. The van der Waals surface area contributed by atoms with Crippen LogP contribution in [-0.4, -0.2) is 41.1 Å². The lowest BCUT2D eigenvalue weighted by molar-refractivity contribution is -0.122. The third kappa shape index (κ3) is 5.01. The molecule has 1 aromatic carbocycles. The van der Waals surface area contributed by atoms with Gasteiger partial charge in [0.1, 0.15) is 17.0 Å². The predicted octanol–water partition coefficient (Wildman–Crippen LogP) is 3.58. The number of hydrogen-bond acceptors (Lipinski definition) is 8. The van der Waals surface area contributed by atoms with E-state index in [0.29, 0.717) is 35.8 Å². The zero-order valence-electron chi connectivity index (χ0n) is 16.7. The van der Waals surface area contributed by atoms with Crippen LogP contribution in [0.25, 0.3) is 11.5 Å². The molecule has 3 rings (SSSR count). The van der Waals surface area contributed by atoms with Crippen molar-refractivity contribution in [3.05, 3.63) is 18.2 Å². The lowest BCUT2D eigenvalue weighted by atomic mass is 9.83. The number of ether oxygens (including phenoxy) is 2. The highest BCUT2D eigenvalue weighted by Crippen LogP contribution is 2.32. The Kier molecular flexibility index (Phi) is 6.64. The summed E-state index contributed by atoms with van der Waals surface area (Å²) in [5.74, 6) is 1.31. The summed E-state index contributed by atoms with van der Waals surface area (Å²) in [6.07, 6.45) is 4.38. The summed E-state index contributed by atoms with van der Waals surface area (Å²) in [6, 6.07) is 7.57. The summed E-state index contributed by atoms with van der Waals surface area (Å²) in [6.45, 7) is 1.76. The average Bonchev–Trinajstić information content (AvgIpc) is 3.22. The molecule has 0 spiro atoms. The fourth-order valence-corrected chi connectivity index (χ4v) is 3.95. The second-order valence-electron chi connectivity index (χ2n) is 6.98. The smallest absolute Gasteiger partial charge is 0.277 e. The van der Waals surface area contributed by atoms with Crippen LogP contribution in [0.3, 0.4) is 0 Å². The number of carbonyl (C=O) groups is 1. The van der Waals surface area contributed by atoms with Crippen LogP contribution in [0.1, 0.15) is 39.0 Å². The molecule has 154 valence electrons. The van der Waals surface area contributed by atoms with E-state index in [0.717, 1.165) is 31.0 Å². The van der Waals surface area contributed by atoms with Gasteiger partial charge in [-0.3, -0.25) is 4.79 Å². The minimum Gasteiger partial charge on any atom is -0.497 e. The van der Waals surface area contributed by atoms with Gasteiger partial charge in [0.2, 0.25) is 11.8 Å². The monoisotopic (exact) mass is 416 g/mol. The van der Waals surface area contributed by atoms with Crippen molar-refractivity contribution in [2.24, 2.45) is 0 Å². The maximum Gasteiger partial charge on any atom is 0.277 e. The molecule has 0 radical (unpaired) electrons. The molecular formula is C20H24N4O4S. The standard InChI is InChI=1S/C20H24N4O4S/c1-13(17(25)22-20(12-21)7-5-4-6-8-20)29-19-24-23-18(28-19)14-9-15(26-2)11-16(10-14)27-3/h9-11,13H,4-8H2,1-3H3,(H,22,25)/t13-/m1/s1. The fourth-order valence-electron chi connectivity index (χ4n) is 3.27. The van der Waals surface area contributed by atoms with Crippen molar-refractivity contribution in [2.75, 3.05) is 14.2 Å². The lowest BCUT2D eigenvalue weighted by Gasteiger charge is -2.32. The Balaban J connectivity index is 1.68. The lowest BCUT2D eigenvalue weighted by Crippen LogP contribution is -2.50. The first-order valence-electron chi connectivity index (χ1n) is 9.45. The summed E-state index contributed by atoms with van der Waals surface area (Å²) < 4.78 is 16.2. The molecule has 1 fully saturated rings. The van der Waals surface area contributed by atoms with Gasteiger partial charge in [-0.1, -0.05) is 31.0 Å². The van der Waals surface area contributed by atoms with Gasteiger partial charge < -0.3 is 19.2 Å². The van der Waals surface area contributed by atoms with Gasteiger partial charge in [-0.2, -0.15) is 5.26 Å². The molecule has 29 heavy (non-hydrogen) atoms. The molecule has 1 atom stereocenters. The van der Waals surface area contributed by atoms with Gasteiger partial charge in [0.15, 0.2) is 0 Å². The van der Waals surface area contributed by atoms with E-state index in [9.17, 15) is 10.1 Å². The van der Waals surface area contributed by atoms with Crippen LogP contribution in [-0.2, 0) is 4.79 Å². The van der Waals surface area contributed by atoms with Crippen LogP contribution in [0.15, 0.2) is 27.8 Å². The largest absolute Gasteiger partial charge is 0.497 e. The number of carbonyl (C=O) groups excluding carboxylic acids is 1. The third-order valence-electron chi connectivity index (χ3n) is 4.94. The van der Waals surface area contributed by atoms with E-state index in [1.54, 1.807) is 39.3 Å². The molecule has 9 heteroatoms. The average molecular weight is 417 g/mol. The quantitative estimate of drug-likeness (QED) is 0.682. The van der Waals surface area contributed by atoms with E-state index in [-0.39, 0.29) is 11.1 Å². The van der Waals surface area contributed by atoms with E-state index in [1.165, 1.54) is 0 Å². The summed E-state index contributed by atoms with van der Waals surface area (Å²) in [4.78, 5) is 12.6. The number of benzene rings is 1. The van der Waals surface area contributed by atoms with E-state index in [4.69, 9.17) is 13.9 Å². The molecule has 0 unspecified atom stereocenters. The zero-order valence-corrected chi connectivity index (χ0v) is 17.5. The maximum atomic E-state index is 12.6. The normalized spacial score (nSPS) is 16.5. The van der Waals surface area contributed by atoms with Gasteiger partial charge in [-0.05, 0) is 31.9 Å². The highest BCUT2D eigenvalue weighted by atomic mass is 32.2. The summed E-state index contributed by atoms with van der Waals surface area (Å²) >= 11 is 1.16. The highest BCUT2D eigenvalue weighted by Gasteiger charge is 2.35. The number of methoxy groups -OCH3 is 2. The number of thioether (sulfide) groups is 1. The van der Waals surface area contributed by atoms with Crippen LogP contribution >= 0.6 is 11.8 Å².